The summed E-state index contributed by atoms with van der Waals surface area (Å²) in [6.45, 7) is 11.7. The lowest BCUT2D eigenvalue weighted by molar-refractivity contribution is 0.167. The third kappa shape index (κ3) is 7.60. The Morgan fingerprint density at radius 1 is 1.27 bits per heavy atom. The minimum atomic E-state index is 0.536. The number of anilines is 1. The van der Waals surface area contributed by atoms with Crippen LogP contribution in [-0.2, 0) is 0 Å². The van der Waals surface area contributed by atoms with Crippen molar-refractivity contribution < 1.29 is 0 Å². The molecule has 0 bridgehead atoms. The van der Waals surface area contributed by atoms with Gasteiger partial charge in [0.2, 0.25) is 0 Å². The van der Waals surface area contributed by atoms with Crippen LogP contribution in [0.25, 0.3) is 0 Å². The largest absolute Gasteiger partial charge is 0.370 e. The maximum absolute atomic E-state index is 4.74. The monoisotopic (exact) mass is 360 g/mol. The number of nitrogens with one attached hydrogen (secondary N) is 3. The third-order valence-electron chi connectivity index (χ3n) is 4.77. The van der Waals surface area contributed by atoms with Crippen LogP contribution in [0.1, 0.15) is 46.5 Å². The van der Waals surface area contributed by atoms with Gasteiger partial charge < -0.3 is 20.9 Å². The molecule has 0 aromatic carbocycles. The van der Waals surface area contributed by atoms with Crippen molar-refractivity contribution in [1.82, 2.24) is 20.5 Å². The second-order valence-corrected chi connectivity index (χ2v) is 7.16. The normalized spacial score (nSPS) is 16.7. The van der Waals surface area contributed by atoms with Crippen molar-refractivity contribution in [2.45, 2.75) is 58.5 Å². The first-order chi connectivity index (χ1) is 12.7. The topological polar surface area (TPSA) is 64.6 Å². The van der Waals surface area contributed by atoms with Crippen molar-refractivity contribution in [1.29, 1.82) is 0 Å². The van der Waals surface area contributed by atoms with Crippen molar-refractivity contribution in [2.75, 3.05) is 38.0 Å². The Hall–Kier alpha value is -1.82. The molecule has 1 aromatic rings. The summed E-state index contributed by atoms with van der Waals surface area (Å²) in [6, 6.07) is 7.11. The van der Waals surface area contributed by atoms with Crippen LogP contribution in [-0.4, -0.2) is 60.7 Å². The van der Waals surface area contributed by atoms with Gasteiger partial charge in [0.1, 0.15) is 5.82 Å². The first-order valence-electron chi connectivity index (χ1n) is 10.1. The van der Waals surface area contributed by atoms with Crippen molar-refractivity contribution >= 4 is 11.8 Å². The summed E-state index contributed by atoms with van der Waals surface area (Å²) >= 11 is 0. The van der Waals surface area contributed by atoms with E-state index in [4.69, 9.17) is 4.99 Å². The summed E-state index contributed by atoms with van der Waals surface area (Å²) in [6.07, 6.45) is 6.36. The Balaban J connectivity index is 1.64. The van der Waals surface area contributed by atoms with Gasteiger partial charge >= 0.3 is 0 Å². The minimum absolute atomic E-state index is 0.536. The van der Waals surface area contributed by atoms with Gasteiger partial charge in [-0.2, -0.15) is 0 Å². The number of pyridine rings is 1. The number of piperidine rings is 1. The summed E-state index contributed by atoms with van der Waals surface area (Å²) in [4.78, 5) is 11.6. The van der Waals surface area contributed by atoms with Crippen LogP contribution in [0.3, 0.4) is 0 Å². The average molecular weight is 361 g/mol. The number of hydrogen-bond acceptors (Lipinski definition) is 4. The number of aromatic nitrogens is 1. The summed E-state index contributed by atoms with van der Waals surface area (Å²) < 4.78 is 0. The van der Waals surface area contributed by atoms with E-state index in [9.17, 15) is 0 Å². The van der Waals surface area contributed by atoms with E-state index < -0.39 is 0 Å². The molecule has 6 heteroatoms. The smallest absolute Gasteiger partial charge is 0.191 e. The SMILES string of the molecule is CCNC(=NCCCCNc1ccccn1)NC1CCN(C(C)C)CC1. The Morgan fingerprint density at radius 2 is 2.08 bits per heavy atom. The highest BCUT2D eigenvalue weighted by atomic mass is 15.2. The van der Waals surface area contributed by atoms with Crippen LogP contribution in [0.2, 0.25) is 0 Å². The molecular weight excluding hydrogens is 324 g/mol. The number of nitrogens with zero attached hydrogens (tertiary/aromatic N) is 3. The highest BCUT2D eigenvalue weighted by molar-refractivity contribution is 5.80. The molecule has 0 amide bonds. The molecule has 3 N–H and O–H groups in total. The zero-order chi connectivity index (χ0) is 18.6. The summed E-state index contributed by atoms with van der Waals surface area (Å²) in [7, 11) is 0. The fraction of sp³-hybridized carbons (Fsp3) is 0.700. The predicted molar refractivity (Wildman–Crippen MR) is 111 cm³/mol. The summed E-state index contributed by atoms with van der Waals surface area (Å²) in [5, 5.41) is 10.3. The molecule has 1 aliphatic rings. The second-order valence-electron chi connectivity index (χ2n) is 7.16. The summed E-state index contributed by atoms with van der Waals surface area (Å²) in [5.74, 6) is 1.91. The summed E-state index contributed by atoms with van der Waals surface area (Å²) in [5.41, 5.74) is 0. The van der Waals surface area contributed by atoms with Gasteiger partial charge in [0.05, 0.1) is 0 Å². The fourth-order valence-electron chi connectivity index (χ4n) is 3.19. The van der Waals surface area contributed by atoms with Gasteiger partial charge in [-0.3, -0.25) is 4.99 Å². The van der Waals surface area contributed by atoms with E-state index in [0.29, 0.717) is 12.1 Å². The maximum atomic E-state index is 4.74. The van der Waals surface area contributed by atoms with Crippen LogP contribution < -0.4 is 16.0 Å². The minimum Gasteiger partial charge on any atom is -0.370 e. The number of hydrogen-bond donors (Lipinski definition) is 3. The molecule has 6 nitrogen and oxygen atoms in total. The van der Waals surface area contributed by atoms with Gasteiger partial charge in [-0.1, -0.05) is 6.07 Å². The van der Waals surface area contributed by atoms with E-state index in [-0.39, 0.29) is 0 Å². The molecule has 0 atom stereocenters. The van der Waals surface area contributed by atoms with Crippen LogP contribution in [0.15, 0.2) is 29.4 Å². The average Bonchev–Trinajstić information content (AvgIpc) is 2.66. The van der Waals surface area contributed by atoms with Gasteiger partial charge in [-0.25, -0.2) is 4.98 Å². The van der Waals surface area contributed by atoms with E-state index in [1.54, 1.807) is 0 Å². The second kappa shape index (κ2) is 11.7. The van der Waals surface area contributed by atoms with Crippen LogP contribution in [0, 0.1) is 0 Å². The highest BCUT2D eigenvalue weighted by Crippen LogP contribution is 2.12. The molecule has 146 valence electrons. The Morgan fingerprint density at radius 3 is 2.73 bits per heavy atom. The van der Waals surface area contributed by atoms with Gasteiger partial charge in [0.25, 0.3) is 0 Å². The predicted octanol–water partition coefficient (Wildman–Crippen LogP) is 2.70. The first-order valence-corrected chi connectivity index (χ1v) is 10.1. The maximum Gasteiger partial charge on any atom is 0.191 e. The molecule has 0 spiro atoms. The van der Waals surface area contributed by atoms with Crippen LogP contribution in [0.5, 0.6) is 0 Å². The lowest BCUT2D eigenvalue weighted by Gasteiger charge is -2.35. The number of guanidine groups is 1. The first kappa shape index (κ1) is 20.5. The lowest BCUT2D eigenvalue weighted by Crippen LogP contribution is -2.49. The van der Waals surface area contributed by atoms with E-state index in [0.717, 1.165) is 44.3 Å². The van der Waals surface area contributed by atoms with Crippen molar-refractivity contribution in [3.63, 3.8) is 0 Å². The molecule has 0 unspecified atom stereocenters. The van der Waals surface area contributed by atoms with Crippen molar-refractivity contribution in [3.05, 3.63) is 24.4 Å². The number of rotatable bonds is 9. The van der Waals surface area contributed by atoms with Crippen LogP contribution >= 0.6 is 0 Å². The van der Waals surface area contributed by atoms with Crippen LogP contribution in [0.4, 0.5) is 5.82 Å². The van der Waals surface area contributed by atoms with E-state index in [2.05, 4.69) is 46.6 Å². The molecule has 1 aliphatic heterocycles. The lowest BCUT2D eigenvalue weighted by atomic mass is 10.0. The van der Waals surface area contributed by atoms with Gasteiger partial charge in [0.15, 0.2) is 5.96 Å². The molecule has 1 saturated heterocycles. The molecule has 1 aromatic heterocycles. The van der Waals surface area contributed by atoms with E-state index in [1.807, 2.05) is 24.4 Å². The molecule has 1 fully saturated rings. The fourth-order valence-corrected chi connectivity index (χ4v) is 3.19. The Labute approximate surface area is 158 Å². The van der Waals surface area contributed by atoms with Crippen molar-refractivity contribution in [2.24, 2.45) is 4.99 Å². The molecule has 2 rings (SSSR count). The molecule has 0 aliphatic carbocycles. The van der Waals surface area contributed by atoms with E-state index >= 15 is 0 Å². The Kier molecular flexibility index (Phi) is 9.24. The third-order valence-corrected chi connectivity index (χ3v) is 4.77. The zero-order valence-corrected chi connectivity index (χ0v) is 16.7. The van der Waals surface area contributed by atoms with Gasteiger partial charge in [-0.15, -0.1) is 0 Å². The molecule has 0 saturated carbocycles. The number of likely N-dealkylation sites (tertiary alicyclic amines) is 1. The van der Waals surface area contributed by atoms with E-state index in [1.165, 1.54) is 25.9 Å². The Bertz CT molecular complexity index is 508. The standard InChI is InChI=1S/C20H36N6/c1-4-21-20(25-18-10-15-26(16-11-18)17(2)3)24-14-8-7-13-23-19-9-5-6-12-22-19/h5-6,9,12,17-18H,4,7-8,10-11,13-16H2,1-3H3,(H,22,23)(H2,21,24,25). The zero-order valence-electron chi connectivity index (χ0n) is 16.7. The number of unbranched alkanes of at least 4 members (excludes halogenated alkanes) is 1. The highest BCUT2D eigenvalue weighted by Gasteiger charge is 2.21. The van der Waals surface area contributed by atoms with Gasteiger partial charge in [0, 0.05) is 51.0 Å². The molecule has 0 radical (unpaired) electrons. The van der Waals surface area contributed by atoms with Crippen molar-refractivity contribution in [3.8, 4) is 0 Å². The molecule has 2 heterocycles. The number of aliphatic imine (C=N–C) groups is 1. The van der Waals surface area contributed by atoms with Gasteiger partial charge in [-0.05, 0) is 58.6 Å². The molecule has 26 heavy (non-hydrogen) atoms. The quantitative estimate of drug-likeness (QED) is 0.359. The molecular formula is C20H36N6.